The van der Waals surface area contributed by atoms with Gasteiger partial charge in [-0.15, -0.1) is 17.9 Å². The number of hydrogen-bond donors (Lipinski definition) is 1. The van der Waals surface area contributed by atoms with Crippen molar-refractivity contribution in [2.24, 2.45) is 5.92 Å². The van der Waals surface area contributed by atoms with Crippen molar-refractivity contribution in [2.75, 3.05) is 46.0 Å². The summed E-state index contributed by atoms with van der Waals surface area (Å²) in [6, 6.07) is 7.82. The van der Waals surface area contributed by atoms with Gasteiger partial charge in [-0.05, 0) is 41.5 Å². The number of thiophene rings is 1. The summed E-state index contributed by atoms with van der Waals surface area (Å²) < 4.78 is 25.0. The van der Waals surface area contributed by atoms with Crippen LogP contribution in [0, 0.1) is 11.7 Å². The van der Waals surface area contributed by atoms with E-state index in [4.69, 9.17) is 9.47 Å². The van der Waals surface area contributed by atoms with Crippen LogP contribution < -0.4 is 4.74 Å². The number of rotatable bonds is 13. The number of halogens is 1. The lowest BCUT2D eigenvalue weighted by Gasteiger charge is -2.37. The van der Waals surface area contributed by atoms with E-state index in [2.05, 4.69) is 20.4 Å². The van der Waals surface area contributed by atoms with Gasteiger partial charge in [-0.25, -0.2) is 4.39 Å². The highest BCUT2D eigenvalue weighted by atomic mass is 32.1. The summed E-state index contributed by atoms with van der Waals surface area (Å²) >= 11 is 1.68. The van der Waals surface area contributed by atoms with Gasteiger partial charge in [0, 0.05) is 37.2 Å². The van der Waals surface area contributed by atoms with Crippen molar-refractivity contribution in [1.82, 2.24) is 9.80 Å². The summed E-state index contributed by atoms with van der Waals surface area (Å²) in [6.07, 6.45) is 1.83. The number of aliphatic hydroxyl groups excluding tert-OH is 1. The van der Waals surface area contributed by atoms with E-state index in [1.807, 2.05) is 21.2 Å². The summed E-state index contributed by atoms with van der Waals surface area (Å²) in [5.74, 6) is 0.432. The first kappa shape index (κ1) is 26.3. The highest BCUT2D eigenvalue weighted by Gasteiger charge is 2.33. The summed E-state index contributed by atoms with van der Waals surface area (Å²) in [6.45, 7) is 10.5. The van der Waals surface area contributed by atoms with Gasteiger partial charge in [-0.2, -0.15) is 0 Å². The number of amides is 1. The Kier molecular flexibility index (Phi) is 10.1. The third-order valence-corrected chi connectivity index (χ3v) is 6.59. The van der Waals surface area contributed by atoms with Crippen LogP contribution in [0.1, 0.15) is 30.3 Å². The quantitative estimate of drug-likeness (QED) is 0.432. The van der Waals surface area contributed by atoms with E-state index < -0.39 is 6.10 Å². The molecule has 3 rings (SSSR count). The Bertz CT molecular complexity index is 935. The molecule has 0 unspecified atom stereocenters. The fourth-order valence-corrected chi connectivity index (χ4v) is 4.99. The maximum Gasteiger partial charge on any atom is 0.237 e. The Hall–Kier alpha value is -2.26. The fraction of sp³-hybridized carbons (Fsp3) is 0.500. The molecule has 0 saturated carbocycles. The van der Waals surface area contributed by atoms with Crippen molar-refractivity contribution < 1.29 is 23.8 Å². The lowest BCUT2D eigenvalue weighted by Crippen LogP contribution is -2.48. The van der Waals surface area contributed by atoms with E-state index in [-0.39, 0.29) is 37.5 Å². The van der Waals surface area contributed by atoms with Crippen molar-refractivity contribution in [3.63, 3.8) is 0 Å². The standard InChI is InChI=1S/C26H35FN2O4S/c1-4-10-28(14-21(30)17-32-16-19(2)3)15-26(31)29-11-8-25-23(9-12-34-25)24(29)18-33-22-7-5-6-20(27)13-22/h4-7,9,12-13,19,21,24,30H,1,8,10-11,14-18H2,2-3H3/t21-,24+/m1/s1. The number of fused-ring (bicyclic) bond motifs is 1. The number of nitrogens with zero attached hydrogens (tertiary/aromatic N) is 2. The first-order valence-electron chi connectivity index (χ1n) is 11.7. The van der Waals surface area contributed by atoms with Crippen LogP contribution in [-0.2, 0) is 16.0 Å². The van der Waals surface area contributed by atoms with Gasteiger partial charge >= 0.3 is 0 Å². The van der Waals surface area contributed by atoms with Gasteiger partial charge in [-0.3, -0.25) is 9.69 Å². The predicted molar refractivity (Wildman–Crippen MR) is 133 cm³/mol. The van der Waals surface area contributed by atoms with Crippen LogP contribution in [0.3, 0.4) is 0 Å². The highest BCUT2D eigenvalue weighted by Crippen LogP contribution is 2.34. The zero-order chi connectivity index (χ0) is 24.5. The van der Waals surface area contributed by atoms with Gasteiger partial charge in [0.25, 0.3) is 0 Å². The number of hydrogen-bond acceptors (Lipinski definition) is 6. The zero-order valence-electron chi connectivity index (χ0n) is 20.0. The molecule has 0 bridgehead atoms. The Morgan fingerprint density at radius 2 is 2.21 bits per heavy atom. The summed E-state index contributed by atoms with van der Waals surface area (Å²) in [4.78, 5) is 18.4. The molecule has 0 saturated heterocycles. The van der Waals surface area contributed by atoms with Crippen LogP contribution in [0.5, 0.6) is 5.75 Å². The maximum atomic E-state index is 13.6. The van der Waals surface area contributed by atoms with Crippen molar-refractivity contribution in [2.45, 2.75) is 32.4 Å². The van der Waals surface area contributed by atoms with Gasteiger partial charge < -0.3 is 19.5 Å². The van der Waals surface area contributed by atoms with Crippen molar-refractivity contribution >= 4 is 17.2 Å². The Morgan fingerprint density at radius 3 is 2.94 bits per heavy atom. The maximum absolute atomic E-state index is 13.6. The van der Waals surface area contributed by atoms with Gasteiger partial charge in [0.1, 0.15) is 18.2 Å². The summed E-state index contributed by atoms with van der Waals surface area (Å²) in [5, 5.41) is 12.4. The molecule has 0 radical (unpaired) electrons. The third kappa shape index (κ3) is 7.63. The summed E-state index contributed by atoms with van der Waals surface area (Å²) in [7, 11) is 0. The molecule has 1 aliphatic heterocycles. The Labute approximate surface area is 205 Å². The minimum absolute atomic E-state index is 0.0400. The number of carbonyl (C=O) groups is 1. The molecule has 1 aromatic heterocycles. The van der Waals surface area contributed by atoms with Gasteiger partial charge in [-0.1, -0.05) is 26.0 Å². The minimum atomic E-state index is -0.691. The normalized spacial score (nSPS) is 16.5. The first-order valence-corrected chi connectivity index (χ1v) is 12.6. The zero-order valence-corrected chi connectivity index (χ0v) is 20.8. The second-order valence-corrected chi connectivity index (χ2v) is 9.99. The van der Waals surface area contributed by atoms with E-state index in [9.17, 15) is 14.3 Å². The number of carbonyl (C=O) groups excluding carboxylic acids is 1. The van der Waals surface area contributed by atoms with Gasteiger partial charge in [0.2, 0.25) is 5.91 Å². The summed E-state index contributed by atoms with van der Waals surface area (Å²) in [5.41, 5.74) is 1.08. The van der Waals surface area contributed by atoms with Gasteiger partial charge in [0.15, 0.2) is 0 Å². The number of aliphatic hydroxyl groups is 1. The molecule has 0 fully saturated rings. The molecule has 1 aliphatic rings. The number of ether oxygens (including phenoxy) is 2. The molecule has 1 aromatic carbocycles. The Balaban J connectivity index is 1.65. The monoisotopic (exact) mass is 490 g/mol. The molecule has 2 heterocycles. The molecule has 6 nitrogen and oxygen atoms in total. The molecule has 0 spiro atoms. The number of benzene rings is 1. The molecule has 0 aliphatic carbocycles. The van der Waals surface area contributed by atoms with Crippen molar-refractivity contribution in [1.29, 1.82) is 0 Å². The van der Waals surface area contributed by atoms with Crippen molar-refractivity contribution in [3.05, 3.63) is 64.6 Å². The first-order chi connectivity index (χ1) is 16.4. The van der Waals surface area contributed by atoms with Crippen LogP contribution >= 0.6 is 11.3 Å². The largest absolute Gasteiger partial charge is 0.491 e. The highest BCUT2D eigenvalue weighted by molar-refractivity contribution is 7.10. The van der Waals surface area contributed by atoms with Gasteiger partial charge in [0.05, 0.1) is 25.3 Å². The molecule has 34 heavy (non-hydrogen) atoms. The van der Waals surface area contributed by atoms with Crippen molar-refractivity contribution in [3.8, 4) is 5.75 Å². The molecule has 1 N–H and O–H groups in total. The lowest BCUT2D eigenvalue weighted by molar-refractivity contribution is -0.136. The molecular formula is C26H35FN2O4S. The predicted octanol–water partition coefficient (Wildman–Crippen LogP) is 3.91. The minimum Gasteiger partial charge on any atom is -0.491 e. The lowest BCUT2D eigenvalue weighted by atomic mass is 10.0. The van der Waals surface area contributed by atoms with Crippen LogP contribution in [0.25, 0.3) is 0 Å². The van der Waals surface area contributed by atoms with Crippen LogP contribution in [-0.4, -0.2) is 72.9 Å². The van der Waals surface area contributed by atoms with E-state index in [1.165, 1.54) is 17.0 Å². The fourth-order valence-electron chi connectivity index (χ4n) is 4.07. The Morgan fingerprint density at radius 1 is 1.38 bits per heavy atom. The van der Waals surface area contributed by atoms with E-state index in [0.717, 1.165) is 12.0 Å². The second kappa shape index (κ2) is 13.0. The molecule has 2 aromatic rings. The third-order valence-electron chi connectivity index (χ3n) is 5.60. The van der Waals surface area contributed by atoms with Crippen LogP contribution in [0.4, 0.5) is 4.39 Å². The molecule has 2 atom stereocenters. The molecule has 8 heteroatoms. The molecular weight excluding hydrogens is 455 g/mol. The topological polar surface area (TPSA) is 62.2 Å². The van der Waals surface area contributed by atoms with E-state index in [0.29, 0.717) is 37.9 Å². The molecule has 186 valence electrons. The molecule has 1 amide bonds. The van der Waals surface area contributed by atoms with Crippen LogP contribution in [0.15, 0.2) is 48.4 Å². The van der Waals surface area contributed by atoms with E-state index in [1.54, 1.807) is 29.5 Å². The van der Waals surface area contributed by atoms with Crippen LogP contribution in [0.2, 0.25) is 0 Å². The van der Waals surface area contributed by atoms with E-state index >= 15 is 0 Å². The average molecular weight is 491 g/mol. The SMILES string of the molecule is C=CCN(CC(=O)N1CCc2sccc2[C@@H]1COc1cccc(F)c1)C[C@@H](O)COCC(C)C. The average Bonchev–Trinajstić information content (AvgIpc) is 3.26. The second-order valence-electron chi connectivity index (χ2n) is 8.99. The smallest absolute Gasteiger partial charge is 0.237 e.